The molecule has 0 aliphatic carbocycles. The normalized spacial score (nSPS) is 17.8. The Morgan fingerprint density at radius 2 is 1.54 bits per heavy atom. The molecule has 6 rings (SSSR count). The summed E-state index contributed by atoms with van der Waals surface area (Å²) in [6.45, 7) is 1.09. The standard InChI is InChI=1S/C45H49N3O8/c1-48(28-41(51)37-12-7-13-38(50)24-37)27-39-25-42(34-16-14-31(29-49)15-17-34)56-44(55-39)35-20-18-33(19-21-35)36-11-6-10-32(22-36)26-46-45(53)47-40(43(52)54-2)23-30-8-4-3-5-9-30/h3-22,24,39-42,44,49-51H,23,25-29H2,1-2H3,(H2,46,47,53)/t39-,40+,41-,42+,44+/m1/s1. The summed E-state index contributed by atoms with van der Waals surface area (Å²) in [6, 6.07) is 38.4. The summed E-state index contributed by atoms with van der Waals surface area (Å²) < 4.78 is 18.0. The molecule has 5 N–H and O–H groups in total. The molecule has 5 atom stereocenters. The van der Waals surface area contributed by atoms with E-state index in [0.717, 1.165) is 38.9 Å². The fraction of sp³-hybridized carbons (Fsp3) is 0.289. The number of aromatic hydroxyl groups is 1. The number of rotatable bonds is 15. The molecule has 1 saturated heterocycles. The zero-order chi connectivity index (χ0) is 39.4. The van der Waals surface area contributed by atoms with Gasteiger partial charge in [-0.05, 0) is 64.2 Å². The minimum absolute atomic E-state index is 0.0414. The Balaban J connectivity index is 1.10. The zero-order valence-electron chi connectivity index (χ0n) is 31.6. The molecule has 0 bridgehead atoms. The number of carbonyl (C=O) groups is 2. The maximum Gasteiger partial charge on any atom is 0.328 e. The molecule has 1 heterocycles. The van der Waals surface area contributed by atoms with Gasteiger partial charge in [0.25, 0.3) is 0 Å². The molecule has 0 saturated carbocycles. The van der Waals surface area contributed by atoms with Crippen LogP contribution < -0.4 is 10.6 Å². The van der Waals surface area contributed by atoms with Gasteiger partial charge in [-0.25, -0.2) is 9.59 Å². The number of carbonyl (C=O) groups excluding carboxylic acids is 2. The van der Waals surface area contributed by atoms with Crippen LogP contribution in [-0.2, 0) is 38.6 Å². The van der Waals surface area contributed by atoms with Gasteiger partial charge in [0.1, 0.15) is 11.8 Å². The van der Waals surface area contributed by atoms with E-state index in [1.807, 2.05) is 115 Å². The topological polar surface area (TPSA) is 150 Å². The van der Waals surface area contributed by atoms with Gasteiger partial charge in [-0.2, -0.15) is 0 Å². The Bertz CT molecular complexity index is 2030. The highest BCUT2D eigenvalue weighted by Gasteiger charge is 2.33. The summed E-state index contributed by atoms with van der Waals surface area (Å²) in [5.74, 6) is -0.411. The van der Waals surface area contributed by atoms with E-state index in [1.165, 1.54) is 7.11 Å². The third kappa shape index (κ3) is 11.0. The first kappa shape index (κ1) is 40.1. The first-order chi connectivity index (χ1) is 27.2. The van der Waals surface area contributed by atoms with E-state index in [2.05, 4.69) is 10.6 Å². The predicted octanol–water partition coefficient (Wildman–Crippen LogP) is 6.35. The average molecular weight is 760 g/mol. The smallest absolute Gasteiger partial charge is 0.328 e. The monoisotopic (exact) mass is 759 g/mol. The molecular formula is C45H49N3O8. The lowest BCUT2D eigenvalue weighted by Crippen LogP contribution is -2.47. The van der Waals surface area contributed by atoms with Crippen LogP contribution in [0.3, 0.4) is 0 Å². The molecule has 2 amide bonds. The second-order valence-corrected chi connectivity index (χ2v) is 14.1. The molecule has 56 heavy (non-hydrogen) atoms. The summed E-state index contributed by atoms with van der Waals surface area (Å²) in [6.07, 6.45) is -1.02. The molecule has 1 aliphatic rings. The summed E-state index contributed by atoms with van der Waals surface area (Å²) in [5.41, 5.74) is 7.01. The SMILES string of the molecule is COC(=O)[C@H](Cc1ccccc1)NC(=O)NCc1cccc(-c2ccc([C@H]3O[C@@H](CN(C)C[C@@H](O)c4cccc(O)c4)C[C@@H](c4ccc(CO)cc4)O3)cc2)c1. The minimum Gasteiger partial charge on any atom is -0.508 e. The van der Waals surface area contributed by atoms with Gasteiger partial charge in [-0.15, -0.1) is 0 Å². The first-order valence-electron chi connectivity index (χ1n) is 18.7. The van der Waals surface area contributed by atoms with Crippen LogP contribution in [0.4, 0.5) is 4.79 Å². The van der Waals surface area contributed by atoms with E-state index in [-0.39, 0.29) is 31.1 Å². The largest absolute Gasteiger partial charge is 0.508 e. The number of urea groups is 1. The van der Waals surface area contributed by atoms with Crippen molar-refractivity contribution >= 4 is 12.0 Å². The molecule has 11 nitrogen and oxygen atoms in total. The van der Waals surface area contributed by atoms with Crippen LogP contribution in [0, 0.1) is 0 Å². The molecule has 1 fully saturated rings. The van der Waals surface area contributed by atoms with Crippen molar-refractivity contribution in [2.24, 2.45) is 0 Å². The van der Waals surface area contributed by atoms with E-state index in [0.29, 0.717) is 31.5 Å². The molecule has 1 aliphatic heterocycles. The van der Waals surface area contributed by atoms with E-state index in [9.17, 15) is 24.9 Å². The van der Waals surface area contributed by atoms with Gasteiger partial charge in [-0.1, -0.05) is 109 Å². The Kier molecular flexibility index (Phi) is 13.9. The number of hydrogen-bond acceptors (Lipinski definition) is 9. The van der Waals surface area contributed by atoms with Crippen LogP contribution in [0.1, 0.15) is 58.3 Å². The van der Waals surface area contributed by atoms with Crippen molar-refractivity contribution in [2.75, 3.05) is 27.2 Å². The van der Waals surface area contributed by atoms with Crippen LogP contribution in [0.25, 0.3) is 11.1 Å². The predicted molar refractivity (Wildman–Crippen MR) is 212 cm³/mol. The Labute approximate surface area is 327 Å². The number of ether oxygens (including phenoxy) is 3. The van der Waals surface area contributed by atoms with Crippen molar-refractivity contribution in [3.63, 3.8) is 0 Å². The molecule has 0 unspecified atom stereocenters. The molecule has 292 valence electrons. The van der Waals surface area contributed by atoms with Crippen LogP contribution >= 0.6 is 0 Å². The number of phenols is 1. The quantitative estimate of drug-likeness (QED) is 0.0771. The van der Waals surface area contributed by atoms with Crippen molar-refractivity contribution in [1.82, 2.24) is 15.5 Å². The van der Waals surface area contributed by atoms with Crippen LogP contribution in [0.5, 0.6) is 5.75 Å². The van der Waals surface area contributed by atoms with Crippen molar-refractivity contribution in [3.05, 3.63) is 161 Å². The molecule has 0 spiro atoms. The summed E-state index contributed by atoms with van der Waals surface area (Å²) in [4.78, 5) is 27.3. The summed E-state index contributed by atoms with van der Waals surface area (Å²) in [7, 11) is 3.23. The van der Waals surface area contributed by atoms with Crippen molar-refractivity contribution in [3.8, 4) is 16.9 Å². The number of aliphatic hydroxyl groups is 2. The van der Waals surface area contributed by atoms with Gasteiger partial charge >= 0.3 is 12.0 Å². The lowest BCUT2D eigenvalue weighted by Gasteiger charge is -2.38. The fourth-order valence-corrected chi connectivity index (χ4v) is 6.86. The number of phenolic OH excluding ortho intramolecular Hbond substituents is 1. The van der Waals surface area contributed by atoms with E-state index in [4.69, 9.17) is 14.2 Å². The third-order valence-electron chi connectivity index (χ3n) is 9.84. The van der Waals surface area contributed by atoms with E-state index < -0.39 is 30.4 Å². The van der Waals surface area contributed by atoms with Gasteiger partial charge in [0, 0.05) is 38.0 Å². The number of esters is 1. The lowest BCUT2D eigenvalue weighted by molar-refractivity contribution is -0.252. The van der Waals surface area contributed by atoms with Crippen molar-refractivity contribution in [1.29, 1.82) is 0 Å². The minimum atomic E-state index is -0.827. The highest BCUT2D eigenvalue weighted by atomic mass is 16.7. The highest BCUT2D eigenvalue weighted by molar-refractivity contribution is 5.83. The number of methoxy groups -OCH3 is 1. The first-order valence-corrected chi connectivity index (χ1v) is 18.7. The summed E-state index contributed by atoms with van der Waals surface area (Å²) in [5, 5.41) is 35.9. The summed E-state index contributed by atoms with van der Waals surface area (Å²) >= 11 is 0. The van der Waals surface area contributed by atoms with Gasteiger partial charge in [-0.3, -0.25) is 0 Å². The lowest BCUT2D eigenvalue weighted by atomic mass is 9.99. The molecule has 0 aromatic heterocycles. The number of benzene rings is 5. The molecule has 0 radical (unpaired) electrons. The fourth-order valence-electron chi connectivity index (χ4n) is 6.86. The number of likely N-dealkylation sites (N-methyl/N-ethyl adjacent to an activating group) is 1. The van der Waals surface area contributed by atoms with Gasteiger partial charge in [0.05, 0.1) is 32.0 Å². The van der Waals surface area contributed by atoms with Crippen LogP contribution in [-0.4, -0.2) is 71.6 Å². The maximum absolute atomic E-state index is 12.8. The number of nitrogens with zero attached hydrogens (tertiary/aromatic N) is 1. The van der Waals surface area contributed by atoms with Crippen molar-refractivity contribution in [2.45, 2.75) is 56.6 Å². The van der Waals surface area contributed by atoms with E-state index >= 15 is 0 Å². The van der Waals surface area contributed by atoms with Gasteiger partial charge < -0.3 is 45.1 Å². The second kappa shape index (κ2) is 19.3. The Hall–Kier alpha value is -5.56. The maximum atomic E-state index is 12.8. The van der Waals surface area contributed by atoms with E-state index in [1.54, 1.807) is 24.3 Å². The number of aliphatic hydroxyl groups excluding tert-OH is 2. The molecule has 11 heteroatoms. The third-order valence-corrected chi connectivity index (χ3v) is 9.84. The number of amides is 2. The van der Waals surface area contributed by atoms with Gasteiger partial charge in [0.15, 0.2) is 6.29 Å². The Morgan fingerprint density at radius 1 is 0.821 bits per heavy atom. The Morgan fingerprint density at radius 3 is 2.25 bits per heavy atom. The highest BCUT2D eigenvalue weighted by Crippen LogP contribution is 2.39. The molecule has 5 aromatic carbocycles. The molecular weight excluding hydrogens is 711 g/mol. The second-order valence-electron chi connectivity index (χ2n) is 14.1. The van der Waals surface area contributed by atoms with Crippen molar-refractivity contribution < 1.29 is 39.1 Å². The van der Waals surface area contributed by atoms with Gasteiger partial charge in [0.2, 0.25) is 0 Å². The number of nitrogens with one attached hydrogen (secondary N) is 2. The van der Waals surface area contributed by atoms with Crippen LogP contribution in [0.2, 0.25) is 0 Å². The zero-order valence-corrected chi connectivity index (χ0v) is 31.6. The van der Waals surface area contributed by atoms with Crippen LogP contribution in [0.15, 0.2) is 127 Å². The average Bonchev–Trinajstić information content (AvgIpc) is 3.22. The number of hydrogen-bond donors (Lipinski definition) is 5. The molecule has 5 aromatic rings.